The molecule has 0 aliphatic rings. The van der Waals surface area contributed by atoms with Gasteiger partial charge in [0, 0.05) is 3.57 Å². The van der Waals surface area contributed by atoms with Crippen LogP contribution in [0.3, 0.4) is 0 Å². The predicted octanol–water partition coefficient (Wildman–Crippen LogP) is 4.83. The monoisotopic (exact) mass is 310 g/mol. The SMILES string of the molecule is C=CCCC=CC(=C)c1ccc(I)cc1. The highest BCUT2D eigenvalue weighted by Gasteiger charge is 1.93. The van der Waals surface area contributed by atoms with Crippen LogP contribution >= 0.6 is 22.6 Å². The maximum atomic E-state index is 4.04. The van der Waals surface area contributed by atoms with Gasteiger partial charge in [-0.3, -0.25) is 0 Å². The summed E-state index contributed by atoms with van der Waals surface area (Å²) in [4.78, 5) is 0. The summed E-state index contributed by atoms with van der Waals surface area (Å²) in [6.07, 6.45) is 8.20. The molecule has 0 spiro atoms. The van der Waals surface area contributed by atoms with Crippen LogP contribution in [0.4, 0.5) is 0 Å². The maximum Gasteiger partial charge on any atom is 0.0130 e. The van der Waals surface area contributed by atoms with Crippen LogP contribution in [-0.4, -0.2) is 0 Å². The summed E-state index contributed by atoms with van der Waals surface area (Å²) in [6, 6.07) is 8.39. The molecule has 0 amide bonds. The molecule has 1 aromatic carbocycles. The van der Waals surface area contributed by atoms with Gasteiger partial charge in [-0.25, -0.2) is 0 Å². The van der Waals surface area contributed by atoms with Crippen molar-refractivity contribution in [3.05, 3.63) is 64.8 Å². The Bertz CT molecular complexity index is 357. The molecule has 0 aliphatic heterocycles. The molecule has 0 heterocycles. The van der Waals surface area contributed by atoms with Gasteiger partial charge in [-0.2, -0.15) is 0 Å². The number of unbranched alkanes of at least 4 members (excludes halogenated alkanes) is 1. The van der Waals surface area contributed by atoms with Crippen molar-refractivity contribution in [3.63, 3.8) is 0 Å². The summed E-state index contributed by atoms with van der Waals surface area (Å²) in [5.41, 5.74) is 2.25. The molecular formula is C14H15I. The molecule has 0 atom stereocenters. The summed E-state index contributed by atoms with van der Waals surface area (Å²) in [5, 5.41) is 0. The number of allylic oxidation sites excluding steroid dienone is 4. The standard InChI is InChI=1S/C14H15I/c1-3-4-5-6-7-12(2)13-8-10-14(15)11-9-13/h3,6-11H,1-2,4-5H2. The van der Waals surface area contributed by atoms with Crippen molar-refractivity contribution in [1.82, 2.24) is 0 Å². The van der Waals surface area contributed by atoms with Gasteiger partial charge < -0.3 is 0 Å². The van der Waals surface area contributed by atoms with Gasteiger partial charge in [-0.15, -0.1) is 6.58 Å². The molecule has 1 aromatic rings. The Morgan fingerprint density at radius 1 is 1.20 bits per heavy atom. The molecule has 15 heavy (non-hydrogen) atoms. The zero-order chi connectivity index (χ0) is 11.1. The Morgan fingerprint density at radius 2 is 1.87 bits per heavy atom. The number of hydrogen-bond acceptors (Lipinski definition) is 0. The maximum absolute atomic E-state index is 4.04. The second kappa shape index (κ2) is 6.62. The molecule has 0 saturated carbocycles. The van der Waals surface area contributed by atoms with Gasteiger partial charge in [-0.05, 0) is 58.7 Å². The quantitative estimate of drug-likeness (QED) is 0.316. The Kier molecular flexibility index (Phi) is 5.40. The molecule has 0 saturated heterocycles. The third kappa shape index (κ3) is 4.47. The number of halogens is 1. The van der Waals surface area contributed by atoms with Crippen molar-refractivity contribution >= 4 is 28.2 Å². The van der Waals surface area contributed by atoms with E-state index in [1.807, 2.05) is 6.08 Å². The first-order valence-electron chi connectivity index (χ1n) is 4.96. The van der Waals surface area contributed by atoms with E-state index in [9.17, 15) is 0 Å². The normalized spacial score (nSPS) is 10.5. The Balaban J connectivity index is 2.57. The first kappa shape index (κ1) is 12.2. The van der Waals surface area contributed by atoms with E-state index in [0.29, 0.717) is 0 Å². The highest BCUT2D eigenvalue weighted by molar-refractivity contribution is 14.1. The second-order valence-corrected chi connectivity index (χ2v) is 4.55. The molecule has 0 bridgehead atoms. The van der Waals surface area contributed by atoms with Gasteiger partial charge >= 0.3 is 0 Å². The minimum absolute atomic E-state index is 1.02. The van der Waals surface area contributed by atoms with Crippen LogP contribution < -0.4 is 0 Å². The lowest BCUT2D eigenvalue weighted by Gasteiger charge is -2.00. The average Bonchev–Trinajstić information content (AvgIpc) is 2.25. The third-order valence-electron chi connectivity index (χ3n) is 2.07. The van der Waals surface area contributed by atoms with E-state index in [1.54, 1.807) is 0 Å². The van der Waals surface area contributed by atoms with Crippen molar-refractivity contribution in [2.75, 3.05) is 0 Å². The van der Waals surface area contributed by atoms with E-state index in [2.05, 4.69) is 72.2 Å². The molecule has 0 fully saturated rings. The van der Waals surface area contributed by atoms with Crippen molar-refractivity contribution in [1.29, 1.82) is 0 Å². The van der Waals surface area contributed by atoms with E-state index < -0.39 is 0 Å². The van der Waals surface area contributed by atoms with Crippen LogP contribution in [0.1, 0.15) is 18.4 Å². The zero-order valence-corrected chi connectivity index (χ0v) is 10.9. The minimum Gasteiger partial charge on any atom is -0.103 e. The molecule has 0 aliphatic carbocycles. The van der Waals surface area contributed by atoms with E-state index >= 15 is 0 Å². The van der Waals surface area contributed by atoms with Gasteiger partial charge in [0.15, 0.2) is 0 Å². The molecule has 1 heteroatoms. The Hall–Kier alpha value is -0.830. The van der Waals surface area contributed by atoms with Crippen LogP contribution in [0.2, 0.25) is 0 Å². The first-order valence-corrected chi connectivity index (χ1v) is 6.04. The molecule has 0 aromatic heterocycles. The fraction of sp³-hybridized carbons (Fsp3) is 0.143. The number of benzene rings is 1. The molecule has 0 N–H and O–H groups in total. The molecule has 0 radical (unpaired) electrons. The molecule has 78 valence electrons. The topological polar surface area (TPSA) is 0 Å². The average molecular weight is 310 g/mol. The zero-order valence-electron chi connectivity index (χ0n) is 8.75. The van der Waals surface area contributed by atoms with Crippen LogP contribution in [0, 0.1) is 3.57 Å². The van der Waals surface area contributed by atoms with Gasteiger partial charge in [-0.1, -0.05) is 36.9 Å². The van der Waals surface area contributed by atoms with Gasteiger partial charge in [0.25, 0.3) is 0 Å². The highest BCUT2D eigenvalue weighted by Crippen LogP contribution is 2.15. The molecular weight excluding hydrogens is 295 g/mol. The van der Waals surface area contributed by atoms with E-state index in [0.717, 1.165) is 18.4 Å². The Morgan fingerprint density at radius 3 is 2.47 bits per heavy atom. The van der Waals surface area contributed by atoms with Gasteiger partial charge in [0.1, 0.15) is 0 Å². The van der Waals surface area contributed by atoms with Crippen LogP contribution in [0.15, 0.2) is 55.7 Å². The smallest absolute Gasteiger partial charge is 0.0130 e. The molecule has 0 unspecified atom stereocenters. The lowest BCUT2D eigenvalue weighted by molar-refractivity contribution is 1.06. The number of hydrogen-bond donors (Lipinski definition) is 0. The number of rotatable bonds is 5. The van der Waals surface area contributed by atoms with E-state index in [-0.39, 0.29) is 0 Å². The Labute approximate surface area is 106 Å². The second-order valence-electron chi connectivity index (χ2n) is 3.30. The van der Waals surface area contributed by atoms with E-state index in [1.165, 1.54) is 9.13 Å². The minimum atomic E-state index is 1.02. The third-order valence-corrected chi connectivity index (χ3v) is 2.79. The molecule has 1 rings (SSSR count). The van der Waals surface area contributed by atoms with Gasteiger partial charge in [0.05, 0.1) is 0 Å². The largest absolute Gasteiger partial charge is 0.103 e. The highest BCUT2D eigenvalue weighted by atomic mass is 127. The van der Waals surface area contributed by atoms with Crippen molar-refractivity contribution < 1.29 is 0 Å². The fourth-order valence-electron chi connectivity index (χ4n) is 1.20. The lowest BCUT2D eigenvalue weighted by atomic mass is 10.1. The van der Waals surface area contributed by atoms with Crippen LogP contribution in [0.25, 0.3) is 5.57 Å². The fourth-order valence-corrected chi connectivity index (χ4v) is 1.56. The predicted molar refractivity (Wildman–Crippen MR) is 76.8 cm³/mol. The first-order chi connectivity index (χ1) is 7.24. The summed E-state index contributed by atoms with van der Waals surface area (Å²) in [7, 11) is 0. The van der Waals surface area contributed by atoms with Crippen molar-refractivity contribution in [2.45, 2.75) is 12.8 Å². The summed E-state index contributed by atoms with van der Waals surface area (Å²) < 4.78 is 1.25. The van der Waals surface area contributed by atoms with Crippen LogP contribution in [-0.2, 0) is 0 Å². The summed E-state index contributed by atoms with van der Waals surface area (Å²) >= 11 is 2.30. The van der Waals surface area contributed by atoms with Crippen molar-refractivity contribution in [2.24, 2.45) is 0 Å². The van der Waals surface area contributed by atoms with E-state index in [4.69, 9.17) is 0 Å². The molecule has 0 nitrogen and oxygen atoms in total. The van der Waals surface area contributed by atoms with Crippen LogP contribution in [0.5, 0.6) is 0 Å². The van der Waals surface area contributed by atoms with Gasteiger partial charge in [0.2, 0.25) is 0 Å². The summed E-state index contributed by atoms with van der Waals surface area (Å²) in [6.45, 7) is 7.73. The summed E-state index contributed by atoms with van der Waals surface area (Å²) in [5.74, 6) is 0. The lowest BCUT2D eigenvalue weighted by Crippen LogP contribution is -1.79. The van der Waals surface area contributed by atoms with Crippen molar-refractivity contribution in [3.8, 4) is 0 Å².